The Morgan fingerprint density at radius 3 is 2.71 bits per heavy atom. The molecule has 2 aliphatic rings. The molecule has 2 N–H and O–H groups in total. The van der Waals surface area contributed by atoms with Gasteiger partial charge in [0.1, 0.15) is 0 Å². The van der Waals surface area contributed by atoms with Gasteiger partial charge in [-0.1, -0.05) is 12.1 Å². The molecule has 1 aromatic heterocycles. The Kier molecular flexibility index (Phi) is 4.78. The minimum Gasteiger partial charge on any atom is -0.475 e. The van der Waals surface area contributed by atoms with E-state index in [1.165, 1.54) is 38.6 Å². The fourth-order valence-electron chi connectivity index (χ4n) is 3.31. The first-order valence-electron chi connectivity index (χ1n) is 9.25. The minimum atomic E-state index is 0.538. The highest BCUT2D eigenvalue weighted by atomic mass is 16.5. The number of piperidine rings is 1. The molecule has 1 atom stereocenters. The number of rotatable bonds is 7. The predicted molar refractivity (Wildman–Crippen MR) is 96.5 cm³/mol. The van der Waals surface area contributed by atoms with E-state index in [9.17, 15) is 0 Å². The molecule has 1 saturated heterocycles. The highest BCUT2D eigenvalue weighted by Gasteiger charge is 2.24. The summed E-state index contributed by atoms with van der Waals surface area (Å²) in [5.74, 6) is 2.26. The second kappa shape index (κ2) is 7.34. The Labute approximate surface area is 143 Å². The smallest absolute Gasteiger partial charge is 0.258 e. The summed E-state index contributed by atoms with van der Waals surface area (Å²) in [7, 11) is 0. The molecular weight excluding hydrogens is 300 g/mol. The van der Waals surface area contributed by atoms with Crippen molar-refractivity contribution in [1.29, 1.82) is 0 Å². The van der Waals surface area contributed by atoms with Gasteiger partial charge in [-0.15, -0.1) is 0 Å². The van der Waals surface area contributed by atoms with E-state index in [-0.39, 0.29) is 0 Å². The van der Waals surface area contributed by atoms with E-state index >= 15 is 0 Å². The Balaban J connectivity index is 1.39. The molecule has 1 saturated carbocycles. The van der Waals surface area contributed by atoms with Gasteiger partial charge in [-0.05, 0) is 69.7 Å². The van der Waals surface area contributed by atoms with Crippen LogP contribution < -0.4 is 15.4 Å². The van der Waals surface area contributed by atoms with E-state index in [0.717, 1.165) is 35.7 Å². The van der Waals surface area contributed by atoms with Crippen molar-refractivity contribution < 1.29 is 4.74 Å². The molecule has 0 spiro atoms. The lowest BCUT2D eigenvalue weighted by molar-refractivity contribution is 0.269. The highest BCUT2D eigenvalue weighted by molar-refractivity contribution is 5.77. The highest BCUT2D eigenvalue weighted by Crippen LogP contribution is 2.30. The topological polar surface area (TPSA) is 59.1 Å². The van der Waals surface area contributed by atoms with Crippen LogP contribution in [0.4, 0.5) is 5.82 Å². The summed E-state index contributed by atoms with van der Waals surface area (Å²) in [4.78, 5) is 9.40. The van der Waals surface area contributed by atoms with Gasteiger partial charge in [0.25, 0.3) is 5.88 Å². The van der Waals surface area contributed by atoms with E-state index in [1.54, 1.807) is 0 Å². The summed E-state index contributed by atoms with van der Waals surface area (Å²) >= 11 is 0. The molecule has 24 heavy (non-hydrogen) atoms. The van der Waals surface area contributed by atoms with Crippen molar-refractivity contribution >= 4 is 16.9 Å². The average Bonchev–Trinajstić information content (AvgIpc) is 3.44. The van der Waals surface area contributed by atoms with Crippen molar-refractivity contribution in [2.75, 3.05) is 25.0 Å². The zero-order valence-electron chi connectivity index (χ0n) is 14.1. The molecule has 1 aliphatic carbocycles. The number of fused-ring (bicyclic) bond motifs is 1. The van der Waals surface area contributed by atoms with Crippen LogP contribution in [0.1, 0.15) is 38.5 Å². The van der Waals surface area contributed by atoms with E-state index < -0.39 is 0 Å². The summed E-state index contributed by atoms with van der Waals surface area (Å²) in [6, 6.07) is 8.52. The van der Waals surface area contributed by atoms with Crippen molar-refractivity contribution in [3.63, 3.8) is 0 Å². The third-order valence-electron chi connectivity index (χ3n) is 4.85. The number of anilines is 1. The molecule has 0 radical (unpaired) electrons. The number of aromatic nitrogens is 2. The average molecular weight is 326 g/mol. The van der Waals surface area contributed by atoms with Gasteiger partial charge in [-0.25, -0.2) is 9.97 Å². The quantitative estimate of drug-likeness (QED) is 0.764. The van der Waals surface area contributed by atoms with E-state index in [0.29, 0.717) is 18.5 Å². The number of nitrogens with one attached hydrogen (secondary N) is 2. The number of nitrogens with zero attached hydrogens (tertiary/aromatic N) is 2. The zero-order chi connectivity index (χ0) is 16.2. The Morgan fingerprint density at radius 1 is 1.12 bits per heavy atom. The maximum absolute atomic E-state index is 6.01. The lowest BCUT2D eigenvalue weighted by Crippen LogP contribution is -2.29. The van der Waals surface area contributed by atoms with Gasteiger partial charge in [0.05, 0.1) is 17.6 Å². The molecule has 1 aromatic carbocycles. The van der Waals surface area contributed by atoms with E-state index in [2.05, 4.69) is 15.6 Å². The molecule has 128 valence electrons. The molecular formula is C19H26N4O. The molecule has 5 nitrogen and oxygen atoms in total. The maximum Gasteiger partial charge on any atom is 0.258 e. The fourth-order valence-corrected chi connectivity index (χ4v) is 3.31. The summed E-state index contributed by atoms with van der Waals surface area (Å²) in [5.41, 5.74) is 1.81. The molecule has 1 aliphatic heterocycles. The van der Waals surface area contributed by atoms with Gasteiger partial charge in [-0.2, -0.15) is 0 Å². The van der Waals surface area contributed by atoms with Gasteiger partial charge < -0.3 is 15.4 Å². The second-order valence-corrected chi connectivity index (χ2v) is 6.99. The van der Waals surface area contributed by atoms with Crippen LogP contribution in [0, 0.1) is 5.92 Å². The van der Waals surface area contributed by atoms with Crippen molar-refractivity contribution in [1.82, 2.24) is 15.3 Å². The van der Waals surface area contributed by atoms with Gasteiger partial charge >= 0.3 is 0 Å². The molecule has 2 fully saturated rings. The van der Waals surface area contributed by atoms with Crippen LogP contribution in [0.15, 0.2) is 24.3 Å². The Morgan fingerprint density at radius 2 is 1.96 bits per heavy atom. The van der Waals surface area contributed by atoms with Crippen LogP contribution in [-0.2, 0) is 0 Å². The number of para-hydroxylation sites is 2. The second-order valence-electron chi connectivity index (χ2n) is 6.99. The Bertz CT molecular complexity index is 680. The van der Waals surface area contributed by atoms with E-state index in [4.69, 9.17) is 9.72 Å². The number of ether oxygens (including phenoxy) is 1. The van der Waals surface area contributed by atoms with Crippen LogP contribution in [0.3, 0.4) is 0 Å². The third kappa shape index (κ3) is 3.96. The first-order valence-corrected chi connectivity index (χ1v) is 9.25. The van der Waals surface area contributed by atoms with Gasteiger partial charge in [0.15, 0.2) is 5.82 Å². The van der Waals surface area contributed by atoms with Crippen LogP contribution in [0.5, 0.6) is 5.88 Å². The van der Waals surface area contributed by atoms with Crippen LogP contribution in [0.2, 0.25) is 0 Å². The third-order valence-corrected chi connectivity index (χ3v) is 4.85. The van der Waals surface area contributed by atoms with Gasteiger partial charge in [0, 0.05) is 6.04 Å². The van der Waals surface area contributed by atoms with Crippen LogP contribution in [0.25, 0.3) is 11.0 Å². The van der Waals surface area contributed by atoms with Crippen molar-refractivity contribution in [3.05, 3.63) is 24.3 Å². The molecule has 0 amide bonds. The summed E-state index contributed by atoms with van der Waals surface area (Å²) < 4.78 is 6.01. The molecule has 1 unspecified atom stereocenters. The van der Waals surface area contributed by atoms with Crippen molar-refractivity contribution in [2.24, 2.45) is 5.92 Å². The molecule has 2 heterocycles. The van der Waals surface area contributed by atoms with Crippen LogP contribution in [-0.4, -0.2) is 35.7 Å². The molecule has 4 rings (SSSR count). The normalized spacial score (nSPS) is 20.9. The SMILES string of the molecule is c1ccc2nc(OCCCC3CCCNC3)c(NC3CC3)nc2c1. The van der Waals surface area contributed by atoms with Gasteiger partial charge in [0.2, 0.25) is 0 Å². The largest absolute Gasteiger partial charge is 0.475 e. The summed E-state index contributed by atoms with van der Waals surface area (Å²) in [5, 5.41) is 6.94. The minimum absolute atomic E-state index is 0.538. The zero-order valence-corrected chi connectivity index (χ0v) is 14.1. The molecule has 5 heteroatoms. The summed E-state index contributed by atoms with van der Waals surface area (Å²) in [6.07, 6.45) is 7.36. The summed E-state index contributed by atoms with van der Waals surface area (Å²) in [6.45, 7) is 3.04. The monoisotopic (exact) mass is 326 g/mol. The Hall–Kier alpha value is -1.88. The predicted octanol–water partition coefficient (Wildman–Crippen LogP) is 3.36. The van der Waals surface area contributed by atoms with Gasteiger partial charge in [-0.3, -0.25) is 0 Å². The van der Waals surface area contributed by atoms with E-state index in [1.807, 2.05) is 24.3 Å². The number of hydrogen-bond donors (Lipinski definition) is 2. The fraction of sp³-hybridized carbons (Fsp3) is 0.579. The number of hydrogen-bond acceptors (Lipinski definition) is 5. The molecule has 0 bridgehead atoms. The molecule has 2 aromatic rings. The van der Waals surface area contributed by atoms with Crippen molar-refractivity contribution in [3.8, 4) is 5.88 Å². The van der Waals surface area contributed by atoms with Crippen molar-refractivity contribution in [2.45, 2.75) is 44.6 Å². The first-order chi connectivity index (χ1) is 11.9. The maximum atomic E-state index is 6.01. The number of benzene rings is 1. The lowest BCUT2D eigenvalue weighted by atomic mass is 9.95. The standard InChI is InChI=1S/C19H26N4O/c1-2-8-17-16(7-1)22-18(21-15-9-10-15)19(23-17)24-12-4-6-14-5-3-11-20-13-14/h1-2,7-8,14-15,20H,3-6,9-13H2,(H,21,22). The van der Waals surface area contributed by atoms with Crippen LogP contribution >= 0.6 is 0 Å². The lowest BCUT2D eigenvalue weighted by Gasteiger charge is -2.22. The first kappa shape index (κ1) is 15.6.